The number of rotatable bonds is 8. The number of hydrogen-bond donors (Lipinski definition) is 3. The third-order valence-electron chi connectivity index (χ3n) is 8.05. The number of aromatic nitrogens is 1. The van der Waals surface area contributed by atoms with Gasteiger partial charge in [0.25, 0.3) is 11.8 Å². The molecule has 1 heterocycles. The molecule has 2 fully saturated rings. The van der Waals surface area contributed by atoms with Crippen LogP contribution in [0.25, 0.3) is 0 Å². The molecule has 2 aromatic carbocycles. The largest absolute Gasteiger partial charge is 0.395 e. The van der Waals surface area contributed by atoms with E-state index in [1.54, 1.807) is 6.07 Å². The number of carbonyl (C=O) groups is 3. The first-order valence-electron chi connectivity index (χ1n) is 14.5. The standard InChI is InChI=1S/C31H35F2N5O3S/c32-20-17-15-19(16-18-20)27(30(40)36-22-11-5-2-6-12-22)38(24-14-8-7-13-23(24)33)31(41)28-25(34)26(37-42-28)29(39)35-21-9-3-1-4-10-21/h7-8,13-18,21-22,27H,1-6,9-12,34H2,(H,35,39)(H,36,40). The maximum Gasteiger partial charge on any atom is 0.273 e. The monoisotopic (exact) mass is 595 g/mol. The smallest absolute Gasteiger partial charge is 0.273 e. The van der Waals surface area contributed by atoms with Crippen LogP contribution in [0.2, 0.25) is 0 Å². The van der Waals surface area contributed by atoms with Gasteiger partial charge in [-0.1, -0.05) is 62.8 Å². The van der Waals surface area contributed by atoms with E-state index in [1.807, 2.05) is 0 Å². The van der Waals surface area contributed by atoms with Crippen LogP contribution in [0.4, 0.5) is 20.2 Å². The van der Waals surface area contributed by atoms with E-state index in [0.717, 1.165) is 80.6 Å². The summed E-state index contributed by atoms with van der Waals surface area (Å²) in [6.45, 7) is 0. The molecule has 3 amide bonds. The van der Waals surface area contributed by atoms with Gasteiger partial charge in [0.2, 0.25) is 5.91 Å². The van der Waals surface area contributed by atoms with Crippen molar-refractivity contribution < 1.29 is 23.2 Å². The number of carbonyl (C=O) groups excluding carboxylic acids is 3. The van der Waals surface area contributed by atoms with E-state index in [9.17, 15) is 18.8 Å². The Morgan fingerprint density at radius 3 is 2.07 bits per heavy atom. The number of halogens is 2. The maximum atomic E-state index is 15.4. The van der Waals surface area contributed by atoms with Gasteiger partial charge in [-0.3, -0.25) is 19.3 Å². The van der Waals surface area contributed by atoms with Crippen molar-refractivity contribution in [1.82, 2.24) is 15.0 Å². The second-order valence-electron chi connectivity index (χ2n) is 11.0. The quantitative estimate of drug-likeness (QED) is 0.300. The van der Waals surface area contributed by atoms with E-state index < -0.39 is 35.4 Å². The molecule has 0 saturated heterocycles. The van der Waals surface area contributed by atoms with Gasteiger partial charge in [-0.05, 0) is 67.0 Å². The second kappa shape index (κ2) is 13.4. The van der Waals surface area contributed by atoms with Gasteiger partial charge in [0, 0.05) is 12.1 Å². The number of amides is 3. The summed E-state index contributed by atoms with van der Waals surface area (Å²) in [6, 6.07) is 9.36. The number of benzene rings is 2. The fourth-order valence-corrected chi connectivity index (χ4v) is 6.56. The molecule has 11 heteroatoms. The lowest BCUT2D eigenvalue weighted by Gasteiger charge is -2.33. The molecule has 1 aromatic heterocycles. The van der Waals surface area contributed by atoms with E-state index in [4.69, 9.17) is 5.73 Å². The highest BCUT2D eigenvalue weighted by Crippen LogP contribution is 2.35. The number of hydrogen-bond acceptors (Lipinski definition) is 6. The molecule has 2 aliphatic rings. The highest BCUT2D eigenvalue weighted by atomic mass is 32.1. The summed E-state index contributed by atoms with van der Waals surface area (Å²) in [6.07, 6.45) is 9.47. The maximum absolute atomic E-state index is 15.4. The van der Waals surface area contributed by atoms with Crippen LogP contribution >= 0.6 is 11.5 Å². The number of nitrogens with one attached hydrogen (secondary N) is 2. The van der Waals surface area contributed by atoms with Gasteiger partial charge in [0.15, 0.2) is 5.69 Å². The normalized spacial score (nSPS) is 16.9. The first-order chi connectivity index (χ1) is 20.3. The van der Waals surface area contributed by atoms with Crippen LogP contribution in [0.1, 0.15) is 96.0 Å². The lowest BCUT2D eigenvalue weighted by Crippen LogP contribution is -2.47. The Morgan fingerprint density at radius 1 is 0.857 bits per heavy atom. The second-order valence-corrected chi connectivity index (χ2v) is 11.8. The molecule has 1 unspecified atom stereocenters. The zero-order valence-corrected chi connectivity index (χ0v) is 24.1. The Bertz CT molecular complexity index is 1420. The number of nitrogens with two attached hydrogens (primary N) is 1. The SMILES string of the molecule is Nc1c(C(=O)NC2CCCCC2)nsc1C(=O)N(c1ccccc1F)C(C(=O)NC1CCCCC1)c1ccc(F)cc1. The third-order valence-corrected chi connectivity index (χ3v) is 8.90. The fourth-order valence-electron chi connectivity index (χ4n) is 5.83. The van der Waals surface area contributed by atoms with Crippen molar-refractivity contribution in [3.63, 3.8) is 0 Å². The molecule has 1 atom stereocenters. The predicted octanol–water partition coefficient (Wildman–Crippen LogP) is 5.90. The van der Waals surface area contributed by atoms with Crippen molar-refractivity contribution in [3.05, 3.63) is 76.3 Å². The Labute approximate surface area is 247 Å². The third kappa shape index (κ3) is 6.61. The van der Waals surface area contributed by atoms with Crippen LogP contribution in [0, 0.1) is 11.6 Å². The Balaban J connectivity index is 1.53. The summed E-state index contributed by atoms with van der Waals surface area (Å²) in [4.78, 5) is 42.2. The van der Waals surface area contributed by atoms with Gasteiger partial charge in [0.05, 0.1) is 11.4 Å². The highest BCUT2D eigenvalue weighted by Gasteiger charge is 2.38. The summed E-state index contributed by atoms with van der Waals surface area (Å²) < 4.78 is 33.5. The van der Waals surface area contributed by atoms with Gasteiger partial charge in [-0.25, -0.2) is 8.78 Å². The van der Waals surface area contributed by atoms with E-state index in [2.05, 4.69) is 15.0 Å². The van der Waals surface area contributed by atoms with E-state index in [0.29, 0.717) is 5.56 Å². The van der Waals surface area contributed by atoms with Crippen LogP contribution in [0.3, 0.4) is 0 Å². The molecule has 4 N–H and O–H groups in total. The van der Waals surface area contributed by atoms with Crippen LogP contribution < -0.4 is 21.3 Å². The lowest BCUT2D eigenvalue weighted by molar-refractivity contribution is -0.123. The molecule has 222 valence electrons. The number of nitrogen functional groups attached to an aromatic ring is 1. The van der Waals surface area contributed by atoms with Gasteiger partial charge in [0.1, 0.15) is 22.6 Å². The molecule has 2 aliphatic carbocycles. The molecule has 2 saturated carbocycles. The van der Waals surface area contributed by atoms with E-state index >= 15 is 4.39 Å². The van der Waals surface area contributed by atoms with E-state index in [1.165, 1.54) is 42.5 Å². The average Bonchev–Trinajstić information content (AvgIpc) is 3.39. The molecule has 0 spiro atoms. The molecule has 5 rings (SSSR count). The predicted molar refractivity (Wildman–Crippen MR) is 158 cm³/mol. The molecule has 42 heavy (non-hydrogen) atoms. The molecule has 0 bridgehead atoms. The molecular weight excluding hydrogens is 560 g/mol. The van der Waals surface area contributed by atoms with Crippen LogP contribution in [-0.2, 0) is 4.79 Å². The number of nitrogens with zero attached hydrogens (tertiary/aromatic N) is 2. The Morgan fingerprint density at radius 2 is 1.45 bits per heavy atom. The first kappa shape index (κ1) is 29.6. The lowest BCUT2D eigenvalue weighted by atomic mass is 9.94. The summed E-state index contributed by atoms with van der Waals surface area (Å²) >= 11 is 0.725. The van der Waals surface area contributed by atoms with Crippen LogP contribution in [0.15, 0.2) is 48.5 Å². The summed E-state index contributed by atoms with van der Waals surface area (Å²) in [5.41, 5.74) is 6.27. The van der Waals surface area contributed by atoms with Crippen molar-refractivity contribution in [3.8, 4) is 0 Å². The molecule has 0 aliphatic heterocycles. The zero-order chi connectivity index (χ0) is 29.6. The Hall–Kier alpha value is -3.86. The molecule has 3 aromatic rings. The van der Waals surface area contributed by atoms with Crippen molar-refractivity contribution in [2.75, 3.05) is 10.6 Å². The summed E-state index contributed by atoms with van der Waals surface area (Å²) in [7, 11) is 0. The topological polar surface area (TPSA) is 117 Å². The van der Waals surface area contributed by atoms with Crippen molar-refractivity contribution in [2.45, 2.75) is 82.3 Å². The number of para-hydroxylation sites is 1. The van der Waals surface area contributed by atoms with E-state index in [-0.39, 0.29) is 34.0 Å². The minimum atomic E-state index is -1.35. The van der Waals surface area contributed by atoms with Crippen molar-refractivity contribution in [1.29, 1.82) is 0 Å². The van der Waals surface area contributed by atoms with Crippen molar-refractivity contribution in [2.24, 2.45) is 0 Å². The van der Waals surface area contributed by atoms with Crippen LogP contribution in [-0.4, -0.2) is 34.2 Å². The minimum absolute atomic E-state index is 0.00718. The average molecular weight is 596 g/mol. The van der Waals surface area contributed by atoms with Gasteiger partial charge >= 0.3 is 0 Å². The highest BCUT2D eigenvalue weighted by molar-refractivity contribution is 7.09. The first-order valence-corrected chi connectivity index (χ1v) is 15.3. The minimum Gasteiger partial charge on any atom is -0.395 e. The summed E-state index contributed by atoms with van der Waals surface area (Å²) in [5.74, 6) is -3.04. The Kier molecular flexibility index (Phi) is 9.46. The van der Waals surface area contributed by atoms with Crippen LogP contribution in [0.5, 0.6) is 0 Å². The molecule has 0 radical (unpaired) electrons. The molecular formula is C31H35F2N5O3S. The van der Waals surface area contributed by atoms with Gasteiger partial charge < -0.3 is 16.4 Å². The van der Waals surface area contributed by atoms with Gasteiger partial charge in [-0.2, -0.15) is 4.37 Å². The number of anilines is 2. The molecule has 8 nitrogen and oxygen atoms in total. The fraction of sp³-hybridized carbons (Fsp3) is 0.419. The zero-order valence-electron chi connectivity index (χ0n) is 23.3. The van der Waals surface area contributed by atoms with Crippen molar-refractivity contribution >= 4 is 40.6 Å². The summed E-state index contributed by atoms with van der Waals surface area (Å²) in [5, 5.41) is 5.99. The van der Waals surface area contributed by atoms with Gasteiger partial charge in [-0.15, -0.1) is 0 Å².